The standard InChI is InChI=1S/C20H23NO5/c1-25-16-9-10-18(26-2)15(12-16)8-11-19(22)21-13-17(20(23)24)14-6-4-3-5-7-14/h3-7,9-10,12,17H,8,11,13H2,1-2H3,(H,21,22)(H,23,24). The lowest BCUT2D eigenvalue weighted by Gasteiger charge is -2.14. The second-order valence-corrected chi connectivity index (χ2v) is 5.78. The van der Waals surface area contributed by atoms with Gasteiger partial charge < -0.3 is 19.9 Å². The van der Waals surface area contributed by atoms with Crippen molar-refractivity contribution in [2.45, 2.75) is 18.8 Å². The first-order valence-electron chi connectivity index (χ1n) is 8.30. The summed E-state index contributed by atoms with van der Waals surface area (Å²) in [6.07, 6.45) is 0.694. The molecule has 1 atom stereocenters. The van der Waals surface area contributed by atoms with Crippen LogP contribution in [0.3, 0.4) is 0 Å². The van der Waals surface area contributed by atoms with Gasteiger partial charge in [0.2, 0.25) is 5.91 Å². The van der Waals surface area contributed by atoms with Crippen molar-refractivity contribution in [2.75, 3.05) is 20.8 Å². The molecule has 2 aromatic carbocycles. The van der Waals surface area contributed by atoms with Crippen molar-refractivity contribution in [1.82, 2.24) is 5.32 Å². The Morgan fingerprint density at radius 1 is 1.08 bits per heavy atom. The van der Waals surface area contributed by atoms with Gasteiger partial charge in [-0.05, 0) is 35.7 Å². The molecular weight excluding hydrogens is 334 g/mol. The fourth-order valence-electron chi connectivity index (χ4n) is 2.66. The zero-order valence-corrected chi connectivity index (χ0v) is 14.9. The molecule has 2 aromatic rings. The highest BCUT2D eigenvalue weighted by Crippen LogP contribution is 2.25. The molecule has 0 bridgehead atoms. The number of nitrogens with one attached hydrogen (secondary N) is 1. The third-order valence-electron chi connectivity index (χ3n) is 4.11. The number of methoxy groups -OCH3 is 2. The van der Waals surface area contributed by atoms with E-state index in [0.717, 1.165) is 5.56 Å². The molecule has 0 aliphatic carbocycles. The molecule has 2 N–H and O–H groups in total. The number of carbonyl (C=O) groups excluding carboxylic acids is 1. The van der Waals surface area contributed by atoms with Crippen LogP contribution in [0, 0.1) is 0 Å². The minimum Gasteiger partial charge on any atom is -0.497 e. The summed E-state index contributed by atoms with van der Waals surface area (Å²) in [4.78, 5) is 23.6. The van der Waals surface area contributed by atoms with E-state index in [0.29, 0.717) is 23.5 Å². The van der Waals surface area contributed by atoms with E-state index in [2.05, 4.69) is 5.32 Å². The molecule has 6 nitrogen and oxygen atoms in total. The van der Waals surface area contributed by atoms with Gasteiger partial charge in [0.25, 0.3) is 0 Å². The minimum atomic E-state index is -0.967. The van der Waals surface area contributed by atoms with Crippen LogP contribution in [-0.2, 0) is 16.0 Å². The van der Waals surface area contributed by atoms with Crippen LogP contribution in [0.1, 0.15) is 23.5 Å². The zero-order valence-electron chi connectivity index (χ0n) is 14.9. The SMILES string of the molecule is COc1ccc(OC)c(CCC(=O)NCC(C(=O)O)c2ccccc2)c1. The highest BCUT2D eigenvalue weighted by Gasteiger charge is 2.20. The van der Waals surface area contributed by atoms with Gasteiger partial charge in [-0.25, -0.2) is 0 Å². The number of carboxylic acids is 1. The van der Waals surface area contributed by atoms with E-state index in [4.69, 9.17) is 9.47 Å². The molecule has 0 heterocycles. The number of ether oxygens (including phenoxy) is 2. The van der Waals surface area contributed by atoms with E-state index in [1.165, 1.54) is 0 Å². The van der Waals surface area contributed by atoms with Crippen LogP contribution in [0.2, 0.25) is 0 Å². The van der Waals surface area contributed by atoms with Crippen molar-refractivity contribution >= 4 is 11.9 Å². The third-order valence-corrected chi connectivity index (χ3v) is 4.11. The second-order valence-electron chi connectivity index (χ2n) is 5.78. The summed E-state index contributed by atoms with van der Waals surface area (Å²) < 4.78 is 10.5. The summed E-state index contributed by atoms with van der Waals surface area (Å²) in [5.41, 5.74) is 1.52. The van der Waals surface area contributed by atoms with Crippen LogP contribution in [0.15, 0.2) is 48.5 Å². The third kappa shape index (κ3) is 5.24. The fraction of sp³-hybridized carbons (Fsp3) is 0.300. The quantitative estimate of drug-likeness (QED) is 0.721. The van der Waals surface area contributed by atoms with Gasteiger partial charge >= 0.3 is 5.97 Å². The van der Waals surface area contributed by atoms with Gasteiger partial charge in [-0.15, -0.1) is 0 Å². The van der Waals surface area contributed by atoms with Gasteiger partial charge in [0.15, 0.2) is 0 Å². The smallest absolute Gasteiger partial charge is 0.312 e. The Labute approximate surface area is 152 Å². The Morgan fingerprint density at radius 3 is 2.42 bits per heavy atom. The van der Waals surface area contributed by atoms with E-state index in [1.807, 2.05) is 12.1 Å². The number of benzene rings is 2. The van der Waals surface area contributed by atoms with Crippen molar-refractivity contribution in [1.29, 1.82) is 0 Å². The topological polar surface area (TPSA) is 84.9 Å². The van der Waals surface area contributed by atoms with Crippen molar-refractivity contribution in [3.05, 3.63) is 59.7 Å². The molecule has 138 valence electrons. The van der Waals surface area contributed by atoms with E-state index < -0.39 is 11.9 Å². The molecule has 0 aromatic heterocycles. The Kier molecular flexibility index (Phi) is 7.02. The summed E-state index contributed by atoms with van der Waals surface area (Å²) >= 11 is 0. The second kappa shape index (κ2) is 9.46. The van der Waals surface area contributed by atoms with E-state index in [-0.39, 0.29) is 18.9 Å². The monoisotopic (exact) mass is 357 g/mol. The molecule has 0 spiro atoms. The van der Waals surface area contributed by atoms with E-state index in [1.54, 1.807) is 50.6 Å². The van der Waals surface area contributed by atoms with Crippen molar-refractivity contribution in [3.63, 3.8) is 0 Å². The van der Waals surface area contributed by atoms with Gasteiger partial charge in [0.1, 0.15) is 11.5 Å². The molecule has 0 fully saturated rings. The number of amides is 1. The molecule has 0 aliphatic heterocycles. The van der Waals surface area contributed by atoms with Crippen LogP contribution < -0.4 is 14.8 Å². The molecule has 0 aliphatic rings. The number of hydrogen-bond donors (Lipinski definition) is 2. The lowest BCUT2D eigenvalue weighted by molar-refractivity contribution is -0.138. The molecule has 6 heteroatoms. The summed E-state index contributed by atoms with van der Waals surface area (Å²) in [6, 6.07) is 14.3. The minimum absolute atomic E-state index is 0.0490. The number of carboxylic acid groups (broad SMARTS) is 1. The first-order valence-corrected chi connectivity index (χ1v) is 8.30. The predicted molar refractivity (Wildman–Crippen MR) is 97.7 cm³/mol. The maximum absolute atomic E-state index is 12.2. The molecule has 1 unspecified atom stereocenters. The molecular formula is C20H23NO5. The summed E-state index contributed by atoms with van der Waals surface area (Å²) in [5, 5.41) is 12.1. The number of aryl methyl sites for hydroxylation is 1. The zero-order chi connectivity index (χ0) is 18.9. The van der Waals surface area contributed by atoms with Crippen LogP contribution >= 0.6 is 0 Å². The Morgan fingerprint density at radius 2 is 1.81 bits per heavy atom. The number of aliphatic carboxylic acids is 1. The van der Waals surface area contributed by atoms with E-state index >= 15 is 0 Å². The Balaban J connectivity index is 1.93. The number of hydrogen-bond acceptors (Lipinski definition) is 4. The molecule has 1 amide bonds. The van der Waals surface area contributed by atoms with Crippen LogP contribution in [0.5, 0.6) is 11.5 Å². The average Bonchev–Trinajstić information content (AvgIpc) is 2.66. The molecule has 0 saturated heterocycles. The average molecular weight is 357 g/mol. The van der Waals surface area contributed by atoms with Crippen LogP contribution in [-0.4, -0.2) is 37.7 Å². The Bertz CT molecular complexity index is 745. The number of carbonyl (C=O) groups is 2. The summed E-state index contributed by atoms with van der Waals surface area (Å²) in [7, 11) is 3.15. The molecule has 26 heavy (non-hydrogen) atoms. The highest BCUT2D eigenvalue weighted by molar-refractivity contribution is 5.80. The lowest BCUT2D eigenvalue weighted by atomic mass is 9.99. The van der Waals surface area contributed by atoms with Gasteiger partial charge in [-0.3, -0.25) is 9.59 Å². The molecule has 2 rings (SSSR count). The van der Waals surface area contributed by atoms with Gasteiger partial charge in [-0.1, -0.05) is 30.3 Å². The molecule has 0 saturated carbocycles. The largest absolute Gasteiger partial charge is 0.497 e. The van der Waals surface area contributed by atoms with Gasteiger partial charge in [0, 0.05) is 13.0 Å². The summed E-state index contributed by atoms with van der Waals surface area (Å²) in [5.74, 6) is -0.572. The fourth-order valence-corrected chi connectivity index (χ4v) is 2.66. The van der Waals surface area contributed by atoms with Gasteiger partial charge in [-0.2, -0.15) is 0 Å². The lowest BCUT2D eigenvalue weighted by Crippen LogP contribution is -2.31. The van der Waals surface area contributed by atoms with Crippen molar-refractivity contribution < 1.29 is 24.2 Å². The maximum atomic E-state index is 12.2. The van der Waals surface area contributed by atoms with Gasteiger partial charge in [0.05, 0.1) is 20.1 Å². The van der Waals surface area contributed by atoms with Crippen molar-refractivity contribution in [3.8, 4) is 11.5 Å². The first-order chi connectivity index (χ1) is 12.5. The van der Waals surface area contributed by atoms with Crippen LogP contribution in [0.4, 0.5) is 0 Å². The predicted octanol–water partition coefficient (Wildman–Crippen LogP) is 2.62. The van der Waals surface area contributed by atoms with Crippen molar-refractivity contribution in [2.24, 2.45) is 0 Å². The van der Waals surface area contributed by atoms with E-state index in [9.17, 15) is 14.7 Å². The Hall–Kier alpha value is -3.02. The normalized spacial score (nSPS) is 11.5. The maximum Gasteiger partial charge on any atom is 0.312 e. The highest BCUT2D eigenvalue weighted by atomic mass is 16.5. The molecule has 0 radical (unpaired) electrons. The summed E-state index contributed by atoms with van der Waals surface area (Å²) in [6.45, 7) is 0.0490. The first kappa shape index (κ1) is 19.3. The number of rotatable bonds is 9. The van der Waals surface area contributed by atoms with Crippen LogP contribution in [0.25, 0.3) is 0 Å².